The zero-order valence-corrected chi connectivity index (χ0v) is 14.9. The maximum Gasteiger partial charge on any atom is 0.262 e. The first-order chi connectivity index (χ1) is 12.7. The number of ether oxygens (including phenoxy) is 1. The first-order valence-electron chi connectivity index (χ1n) is 8.63. The second-order valence-corrected chi connectivity index (χ2v) is 5.74. The van der Waals surface area contributed by atoms with Crippen molar-refractivity contribution in [3.05, 3.63) is 59.9 Å². The smallest absolute Gasteiger partial charge is 0.262 e. The van der Waals surface area contributed by atoms with Crippen molar-refractivity contribution in [1.29, 1.82) is 0 Å². The number of carbonyl (C=O) groups excluding carboxylic acids is 1. The molecule has 1 aromatic heterocycles. The van der Waals surface area contributed by atoms with E-state index in [2.05, 4.69) is 22.4 Å². The Morgan fingerprint density at radius 2 is 1.96 bits per heavy atom. The van der Waals surface area contributed by atoms with E-state index in [1.165, 1.54) is 0 Å². The van der Waals surface area contributed by atoms with Crippen LogP contribution in [0.15, 0.2) is 53.1 Å². The van der Waals surface area contributed by atoms with Crippen LogP contribution in [-0.4, -0.2) is 22.7 Å². The minimum atomic E-state index is -0.206. The van der Waals surface area contributed by atoms with Crippen molar-refractivity contribution in [2.24, 2.45) is 0 Å². The number of carbonyl (C=O) groups is 1. The molecule has 0 aliphatic carbocycles. The highest BCUT2D eigenvalue weighted by molar-refractivity contribution is 5.92. The Morgan fingerprint density at radius 3 is 2.73 bits per heavy atom. The quantitative estimate of drug-likeness (QED) is 0.699. The average Bonchev–Trinajstić information content (AvgIpc) is 3.16. The first-order valence-corrected chi connectivity index (χ1v) is 8.63. The third kappa shape index (κ3) is 4.27. The molecule has 3 rings (SSSR count). The lowest BCUT2D eigenvalue weighted by atomic mass is 10.1. The van der Waals surface area contributed by atoms with Crippen LogP contribution in [0.3, 0.4) is 0 Å². The van der Waals surface area contributed by atoms with Crippen molar-refractivity contribution in [2.75, 3.05) is 11.9 Å². The molecule has 1 amide bonds. The van der Waals surface area contributed by atoms with Crippen LogP contribution >= 0.6 is 0 Å². The summed E-state index contributed by atoms with van der Waals surface area (Å²) in [6.45, 7) is 3.93. The highest BCUT2D eigenvalue weighted by Gasteiger charge is 2.10. The van der Waals surface area contributed by atoms with E-state index in [0.29, 0.717) is 23.9 Å². The largest absolute Gasteiger partial charge is 0.484 e. The van der Waals surface area contributed by atoms with E-state index in [4.69, 9.17) is 9.26 Å². The topological polar surface area (TPSA) is 77.2 Å². The van der Waals surface area contributed by atoms with Gasteiger partial charge in [0.05, 0.1) is 0 Å². The third-order valence-electron chi connectivity index (χ3n) is 3.91. The molecule has 6 heteroatoms. The minimum Gasteiger partial charge on any atom is -0.484 e. The van der Waals surface area contributed by atoms with Crippen molar-refractivity contribution in [3.63, 3.8) is 0 Å². The molecule has 0 aliphatic heterocycles. The molecule has 0 fully saturated rings. The second-order valence-electron chi connectivity index (χ2n) is 5.74. The summed E-state index contributed by atoms with van der Waals surface area (Å²) >= 11 is 0. The maximum atomic E-state index is 12.2. The summed E-state index contributed by atoms with van der Waals surface area (Å²) in [6, 6.07) is 15.0. The Morgan fingerprint density at radius 1 is 1.12 bits per heavy atom. The molecule has 1 heterocycles. The fourth-order valence-electron chi connectivity index (χ4n) is 2.52. The number of nitrogens with one attached hydrogen (secondary N) is 1. The van der Waals surface area contributed by atoms with Crippen LogP contribution in [0, 0.1) is 0 Å². The molecule has 26 heavy (non-hydrogen) atoms. The van der Waals surface area contributed by atoms with Gasteiger partial charge in [-0.25, -0.2) is 0 Å². The Balaban J connectivity index is 1.62. The van der Waals surface area contributed by atoms with Crippen LogP contribution in [0.2, 0.25) is 0 Å². The van der Waals surface area contributed by atoms with Crippen molar-refractivity contribution >= 4 is 11.6 Å². The van der Waals surface area contributed by atoms with Crippen molar-refractivity contribution in [2.45, 2.75) is 26.7 Å². The lowest BCUT2D eigenvalue weighted by molar-refractivity contribution is -0.118. The van der Waals surface area contributed by atoms with Crippen molar-refractivity contribution in [3.8, 4) is 17.2 Å². The first kappa shape index (κ1) is 17.7. The third-order valence-corrected chi connectivity index (χ3v) is 3.91. The van der Waals surface area contributed by atoms with Crippen LogP contribution in [-0.2, 0) is 17.6 Å². The van der Waals surface area contributed by atoms with Crippen LogP contribution < -0.4 is 10.1 Å². The van der Waals surface area contributed by atoms with Gasteiger partial charge < -0.3 is 14.6 Å². The van der Waals surface area contributed by atoms with Gasteiger partial charge in [-0.05, 0) is 36.2 Å². The van der Waals surface area contributed by atoms with Gasteiger partial charge in [-0.2, -0.15) is 4.98 Å². The highest BCUT2D eigenvalue weighted by atomic mass is 16.5. The predicted octanol–water partition coefficient (Wildman–Crippen LogP) is 3.88. The molecule has 1 N–H and O–H groups in total. The summed E-state index contributed by atoms with van der Waals surface area (Å²) in [5.74, 6) is 1.45. The molecule has 0 radical (unpaired) electrons. The number of benzene rings is 2. The molecule has 0 unspecified atom stereocenters. The minimum absolute atomic E-state index is 0.0778. The lowest BCUT2D eigenvalue weighted by Gasteiger charge is -2.10. The van der Waals surface area contributed by atoms with E-state index in [1.54, 1.807) is 12.1 Å². The van der Waals surface area contributed by atoms with Crippen LogP contribution in [0.1, 0.15) is 25.2 Å². The summed E-state index contributed by atoms with van der Waals surface area (Å²) in [4.78, 5) is 16.5. The van der Waals surface area contributed by atoms with E-state index in [1.807, 2.05) is 43.3 Å². The fourth-order valence-corrected chi connectivity index (χ4v) is 2.52. The summed E-state index contributed by atoms with van der Waals surface area (Å²) in [7, 11) is 0. The fraction of sp³-hybridized carbons (Fsp3) is 0.250. The number of hydrogen-bond donors (Lipinski definition) is 1. The zero-order valence-electron chi connectivity index (χ0n) is 14.9. The number of hydrogen-bond acceptors (Lipinski definition) is 5. The molecule has 0 bridgehead atoms. The van der Waals surface area contributed by atoms with Gasteiger partial charge in [-0.15, -0.1) is 0 Å². The normalized spacial score (nSPS) is 10.5. The van der Waals surface area contributed by atoms with Gasteiger partial charge in [0.1, 0.15) is 5.75 Å². The highest BCUT2D eigenvalue weighted by Crippen LogP contribution is 2.22. The number of aryl methyl sites for hydroxylation is 2. The number of aromatic nitrogens is 2. The molecule has 0 aliphatic rings. The molecule has 3 aromatic rings. The number of rotatable bonds is 7. The van der Waals surface area contributed by atoms with E-state index >= 15 is 0 Å². The van der Waals surface area contributed by atoms with Gasteiger partial charge in [-0.3, -0.25) is 4.79 Å². The van der Waals surface area contributed by atoms with E-state index in [0.717, 1.165) is 23.2 Å². The molecule has 0 atom stereocenters. The standard InChI is InChI=1S/C20H21N3O3/c1-3-14-8-5-6-11-17(14)21-19(24)13-25-16-10-7-9-15(12-16)20-22-18(4-2)23-26-20/h5-12H,3-4,13H2,1-2H3,(H,21,24). The molecular weight excluding hydrogens is 330 g/mol. The number of anilines is 1. The molecule has 134 valence electrons. The summed E-state index contributed by atoms with van der Waals surface area (Å²) in [5, 5.41) is 6.77. The Labute approximate surface area is 152 Å². The molecule has 2 aromatic carbocycles. The van der Waals surface area contributed by atoms with Gasteiger partial charge in [0, 0.05) is 17.7 Å². The lowest BCUT2D eigenvalue weighted by Crippen LogP contribution is -2.20. The van der Waals surface area contributed by atoms with Gasteiger partial charge in [0.2, 0.25) is 0 Å². The van der Waals surface area contributed by atoms with Crippen molar-refractivity contribution < 1.29 is 14.1 Å². The van der Waals surface area contributed by atoms with Crippen LogP contribution in [0.25, 0.3) is 11.5 Å². The summed E-state index contributed by atoms with van der Waals surface area (Å²) in [5.41, 5.74) is 2.66. The molecular formula is C20H21N3O3. The molecule has 6 nitrogen and oxygen atoms in total. The number of amides is 1. The van der Waals surface area contributed by atoms with Crippen molar-refractivity contribution in [1.82, 2.24) is 10.1 Å². The maximum absolute atomic E-state index is 12.2. The van der Waals surface area contributed by atoms with E-state index < -0.39 is 0 Å². The molecule has 0 spiro atoms. The van der Waals surface area contributed by atoms with E-state index in [9.17, 15) is 4.79 Å². The van der Waals surface area contributed by atoms with Gasteiger partial charge in [0.25, 0.3) is 11.8 Å². The predicted molar refractivity (Wildman–Crippen MR) is 99.1 cm³/mol. The Kier molecular flexibility index (Phi) is 5.63. The monoisotopic (exact) mass is 351 g/mol. The molecule has 0 saturated heterocycles. The zero-order chi connectivity index (χ0) is 18.4. The SMILES string of the molecule is CCc1noc(-c2cccc(OCC(=O)Nc3ccccc3CC)c2)n1. The van der Waals surface area contributed by atoms with Gasteiger partial charge in [-0.1, -0.05) is 43.3 Å². The van der Waals surface area contributed by atoms with E-state index in [-0.39, 0.29) is 12.5 Å². The van der Waals surface area contributed by atoms with Gasteiger partial charge in [0.15, 0.2) is 12.4 Å². The average molecular weight is 351 g/mol. The number of para-hydroxylation sites is 1. The van der Waals surface area contributed by atoms with Crippen LogP contribution in [0.5, 0.6) is 5.75 Å². The Bertz CT molecular complexity index is 889. The van der Waals surface area contributed by atoms with Crippen LogP contribution in [0.4, 0.5) is 5.69 Å². The number of nitrogens with zero attached hydrogens (tertiary/aromatic N) is 2. The van der Waals surface area contributed by atoms with Gasteiger partial charge >= 0.3 is 0 Å². The summed E-state index contributed by atoms with van der Waals surface area (Å²) in [6.07, 6.45) is 1.56. The second kappa shape index (κ2) is 8.29. The molecule has 0 saturated carbocycles. The Hall–Kier alpha value is -3.15. The summed E-state index contributed by atoms with van der Waals surface area (Å²) < 4.78 is 10.8.